The molecule has 0 spiro atoms. The van der Waals surface area contributed by atoms with Crippen LogP contribution in [0.3, 0.4) is 0 Å². The van der Waals surface area contributed by atoms with Crippen LogP contribution in [0.1, 0.15) is 10.4 Å². The summed E-state index contributed by atoms with van der Waals surface area (Å²) in [5.41, 5.74) is 1.11. The highest BCUT2D eigenvalue weighted by Gasteiger charge is 2.22. The van der Waals surface area contributed by atoms with Gasteiger partial charge in [0.25, 0.3) is 0 Å². The molecule has 3 rings (SSSR count). The van der Waals surface area contributed by atoms with Gasteiger partial charge in [-0.25, -0.2) is 0 Å². The predicted octanol–water partition coefficient (Wildman–Crippen LogP) is 2.65. The Hall–Kier alpha value is -2.05. The van der Waals surface area contributed by atoms with Crippen molar-refractivity contribution < 1.29 is 14.3 Å². The summed E-state index contributed by atoms with van der Waals surface area (Å²) in [6.45, 7) is 4.09. The first-order valence-electron chi connectivity index (χ1n) is 8.43. The third kappa shape index (κ3) is 4.52. The highest BCUT2D eigenvalue weighted by Crippen LogP contribution is 2.25. The van der Waals surface area contributed by atoms with Gasteiger partial charge in [-0.2, -0.15) is 0 Å². The molecule has 2 heterocycles. The lowest BCUT2D eigenvalue weighted by Gasteiger charge is -2.35. The molecule has 0 radical (unpaired) electrons. The van der Waals surface area contributed by atoms with Crippen LogP contribution in [0.25, 0.3) is 0 Å². The minimum Gasteiger partial charge on any atom is -0.497 e. The van der Waals surface area contributed by atoms with Gasteiger partial charge in [0.15, 0.2) is 0 Å². The second-order valence-corrected chi connectivity index (χ2v) is 7.12. The van der Waals surface area contributed by atoms with Crippen molar-refractivity contribution in [3.63, 3.8) is 0 Å². The van der Waals surface area contributed by atoms with E-state index in [9.17, 15) is 4.79 Å². The molecule has 1 fully saturated rings. The van der Waals surface area contributed by atoms with Gasteiger partial charge in [0.2, 0.25) is 5.91 Å². The van der Waals surface area contributed by atoms with Gasteiger partial charge < -0.3 is 14.4 Å². The van der Waals surface area contributed by atoms with Crippen LogP contribution in [0.15, 0.2) is 35.7 Å². The number of nitrogens with zero attached hydrogens (tertiary/aromatic N) is 2. The van der Waals surface area contributed by atoms with E-state index >= 15 is 0 Å². The Morgan fingerprint density at radius 3 is 2.56 bits per heavy atom. The maximum Gasteiger partial charge on any atom is 0.227 e. The molecule has 1 aromatic carbocycles. The Labute approximate surface area is 152 Å². The Bertz CT molecular complexity index is 695. The molecule has 0 saturated carbocycles. The largest absolute Gasteiger partial charge is 0.497 e. The number of carbonyl (C=O) groups excluding carboxylic acids is 1. The maximum absolute atomic E-state index is 12.4. The predicted molar refractivity (Wildman–Crippen MR) is 99.4 cm³/mol. The molecular formula is C19H24N2O3S. The van der Waals surface area contributed by atoms with E-state index in [-0.39, 0.29) is 5.91 Å². The molecule has 0 N–H and O–H groups in total. The number of thiophene rings is 1. The van der Waals surface area contributed by atoms with Crippen LogP contribution in [0.5, 0.6) is 11.5 Å². The van der Waals surface area contributed by atoms with Crippen molar-refractivity contribution in [3.8, 4) is 11.5 Å². The number of ether oxygens (including phenoxy) is 2. The average Bonchev–Trinajstić information content (AvgIpc) is 3.15. The molecule has 134 valence electrons. The lowest BCUT2D eigenvalue weighted by Crippen LogP contribution is -2.48. The van der Waals surface area contributed by atoms with Crippen molar-refractivity contribution in [2.45, 2.75) is 13.0 Å². The number of hydrogen-bond donors (Lipinski definition) is 0. The van der Waals surface area contributed by atoms with Crippen LogP contribution in [0.2, 0.25) is 0 Å². The molecule has 2 aromatic rings. The fourth-order valence-corrected chi connectivity index (χ4v) is 3.77. The molecule has 0 bridgehead atoms. The quantitative estimate of drug-likeness (QED) is 0.794. The fourth-order valence-electron chi connectivity index (χ4n) is 3.08. The van der Waals surface area contributed by atoms with E-state index in [1.54, 1.807) is 25.6 Å². The van der Waals surface area contributed by atoms with Crippen molar-refractivity contribution in [3.05, 3.63) is 46.2 Å². The van der Waals surface area contributed by atoms with Gasteiger partial charge in [0.1, 0.15) is 11.5 Å². The Balaban J connectivity index is 1.55. The number of carbonyl (C=O) groups is 1. The number of benzene rings is 1. The third-order valence-electron chi connectivity index (χ3n) is 4.51. The Kier molecular flexibility index (Phi) is 5.94. The third-order valence-corrected chi connectivity index (χ3v) is 5.39. The molecule has 0 unspecified atom stereocenters. The van der Waals surface area contributed by atoms with E-state index in [1.165, 1.54) is 0 Å². The van der Waals surface area contributed by atoms with Gasteiger partial charge in [-0.05, 0) is 29.6 Å². The molecule has 1 aliphatic heterocycles. The first-order valence-corrected chi connectivity index (χ1v) is 9.31. The van der Waals surface area contributed by atoms with E-state index in [2.05, 4.69) is 4.90 Å². The summed E-state index contributed by atoms with van der Waals surface area (Å²) < 4.78 is 10.8. The van der Waals surface area contributed by atoms with E-state index in [0.717, 1.165) is 54.7 Å². The van der Waals surface area contributed by atoms with Crippen molar-refractivity contribution in [1.29, 1.82) is 0 Å². The molecule has 25 heavy (non-hydrogen) atoms. The molecule has 5 nitrogen and oxygen atoms in total. The van der Waals surface area contributed by atoms with E-state index in [0.29, 0.717) is 6.42 Å². The van der Waals surface area contributed by atoms with Gasteiger partial charge in [0.05, 0.1) is 20.6 Å². The first kappa shape index (κ1) is 17.8. The second kappa shape index (κ2) is 8.36. The summed E-state index contributed by atoms with van der Waals surface area (Å²) in [6.07, 6.45) is 0.515. The summed E-state index contributed by atoms with van der Waals surface area (Å²) in [5.74, 6) is 1.93. The smallest absolute Gasteiger partial charge is 0.227 e. The lowest BCUT2D eigenvalue weighted by molar-refractivity contribution is -0.132. The molecule has 1 amide bonds. The molecular weight excluding hydrogens is 336 g/mol. The number of methoxy groups -OCH3 is 2. The summed E-state index contributed by atoms with van der Waals surface area (Å²) in [7, 11) is 3.36. The summed E-state index contributed by atoms with van der Waals surface area (Å²) in [4.78, 5) is 17.8. The fraction of sp³-hybridized carbons (Fsp3) is 0.421. The number of rotatable bonds is 6. The monoisotopic (exact) mass is 360 g/mol. The van der Waals surface area contributed by atoms with Gasteiger partial charge in [-0.3, -0.25) is 9.69 Å². The Morgan fingerprint density at radius 2 is 1.92 bits per heavy atom. The normalized spacial score (nSPS) is 15.2. The van der Waals surface area contributed by atoms with Crippen molar-refractivity contribution >= 4 is 17.2 Å². The molecule has 1 saturated heterocycles. The van der Waals surface area contributed by atoms with Crippen LogP contribution in [0.4, 0.5) is 0 Å². The topological polar surface area (TPSA) is 42.0 Å². The maximum atomic E-state index is 12.4. The summed E-state index contributed by atoms with van der Waals surface area (Å²) >= 11 is 1.64. The van der Waals surface area contributed by atoms with Gasteiger partial charge in [-0.1, -0.05) is 6.07 Å². The Morgan fingerprint density at radius 1 is 1.12 bits per heavy atom. The zero-order valence-electron chi connectivity index (χ0n) is 14.7. The highest BCUT2D eigenvalue weighted by molar-refractivity contribution is 7.10. The van der Waals surface area contributed by atoms with E-state index in [1.807, 2.05) is 40.6 Å². The zero-order valence-corrected chi connectivity index (χ0v) is 15.6. The van der Waals surface area contributed by atoms with Crippen molar-refractivity contribution in [2.75, 3.05) is 40.4 Å². The van der Waals surface area contributed by atoms with Crippen LogP contribution >= 0.6 is 11.3 Å². The molecule has 0 atom stereocenters. The zero-order chi connectivity index (χ0) is 17.6. The van der Waals surface area contributed by atoms with Crippen molar-refractivity contribution in [1.82, 2.24) is 9.80 Å². The summed E-state index contributed by atoms with van der Waals surface area (Å²) in [6, 6.07) is 9.88. The van der Waals surface area contributed by atoms with Gasteiger partial charge in [0, 0.05) is 43.2 Å². The van der Waals surface area contributed by atoms with Gasteiger partial charge in [-0.15, -0.1) is 11.3 Å². The first-order chi connectivity index (χ1) is 12.2. The second-order valence-electron chi connectivity index (χ2n) is 6.09. The number of piperazine rings is 1. The SMILES string of the molecule is COc1ccc(OC)c(CN2CCN(C(=O)Cc3cccs3)CC2)c1. The molecule has 1 aliphatic rings. The van der Waals surface area contributed by atoms with E-state index in [4.69, 9.17) is 9.47 Å². The molecule has 6 heteroatoms. The van der Waals surface area contributed by atoms with Crippen molar-refractivity contribution in [2.24, 2.45) is 0 Å². The molecule has 0 aliphatic carbocycles. The number of amides is 1. The minimum absolute atomic E-state index is 0.223. The average molecular weight is 360 g/mol. The number of hydrogen-bond acceptors (Lipinski definition) is 5. The van der Waals surface area contributed by atoms with Crippen LogP contribution < -0.4 is 9.47 Å². The standard InChI is InChI=1S/C19H24N2O3S/c1-23-16-5-6-18(24-2)15(12-16)14-20-7-9-21(10-8-20)19(22)13-17-4-3-11-25-17/h3-6,11-12H,7-10,13-14H2,1-2H3. The van der Waals surface area contributed by atoms with Gasteiger partial charge >= 0.3 is 0 Å². The van der Waals surface area contributed by atoms with Crippen LogP contribution in [0, 0.1) is 0 Å². The van der Waals surface area contributed by atoms with Crippen LogP contribution in [-0.4, -0.2) is 56.1 Å². The summed E-state index contributed by atoms with van der Waals surface area (Å²) in [5, 5.41) is 2.02. The van der Waals surface area contributed by atoms with Crippen LogP contribution in [-0.2, 0) is 17.8 Å². The highest BCUT2D eigenvalue weighted by atomic mass is 32.1. The lowest BCUT2D eigenvalue weighted by atomic mass is 10.1. The van der Waals surface area contributed by atoms with E-state index < -0.39 is 0 Å². The minimum atomic E-state index is 0.223. The molecule has 1 aromatic heterocycles.